The first-order valence-corrected chi connectivity index (χ1v) is 8.31. The summed E-state index contributed by atoms with van der Waals surface area (Å²) in [6.07, 6.45) is 0.696. The second-order valence-electron chi connectivity index (χ2n) is 5.39. The molecule has 0 saturated heterocycles. The van der Waals surface area contributed by atoms with Crippen LogP contribution in [0.4, 0.5) is 4.39 Å². The Hall–Kier alpha value is -2.15. The van der Waals surface area contributed by atoms with Gasteiger partial charge in [-0.3, -0.25) is 9.48 Å². The van der Waals surface area contributed by atoms with E-state index >= 15 is 0 Å². The molecular weight excluding hydrogens is 315 g/mol. The van der Waals surface area contributed by atoms with Gasteiger partial charge in [-0.15, -0.1) is 11.8 Å². The molecule has 5 nitrogen and oxygen atoms in total. The van der Waals surface area contributed by atoms with Gasteiger partial charge in [0, 0.05) is 23.4 Å². The Kier molecular flexibility index (Phi) is 4.47. The fourth-order valence-electron chi connectivity index (χ4n) is 2.52. The lowest BCUT2D eigenvalue weighted by atomic mass is 10.1. The van der Waals surface area contributed by atoms with Gasteiger partial charge in [-0.25, -0.2) is 9.82 Å². The van der Waals surface area contributed by atoms with Crippen molar-refractivity contribution >= 4 is 23.4 Å². The summed E-state index contributed by atoms with van der Waals surface area (Å²) >= 11 is 1.48. The van der Waals surface area contributed by atoms with E-state index in [9.17, 15) is 9.18 Å². The van der Waals surface area contributed by atoms with Crippen molar-refractivity contribution in [3.8, 4) is 0 Å². The van der Waals surface area contributed by atoms with Crippen LogP contribution in [0.25, 0.3) is 0 Å². The number of amides is 1. The third kappa shape index (κ3) is 3.44. The first-order valence-electron chi connectivity index (χ1n) is 7.33. The number of aryl methyl sites for hydroxylation is 2. The van der Waals surface area contributed by atoms with Crippen molar-refractivity contribution in [1.82, 2.24) is 15.2 Å². The normalized spacial score (nSPS) is 15.5. The molecule has 0 radical (unpaired) electrons. The van der Waals surface area contributed by atoms with Gasteiger partial charge >= 0.3 is 0 Å². The van der Waals surface area contributed by atoms with Crippen LogP contribution in [0.2, 0.25) is 0 Å². The van der Waals surface area contributed by atoms with E-state index in [4.69, 9.17) is 0 Å². The van der Waals surface area contributed by atoms with Crippen LogP contribution in [-0.4, -0.2) is 27.2 Å². The molecule has 1 N–H and O–H groups in total. The van der Waals surface area contributed by atoms with Crippen molar-refractivity contribution in [2.24, 2.45) is 5.10 Å². The van der Waals surface area contributed by atoms with Crippen molar-refractivity contribution in [1.29, 1.82) is 0 Å². The van der Waals surface area contributed by atoms with Crippen molar-refractivity contribution < 1.29 is 9.18 Å². The number of carbonyl (C=O) groups is 1. The molecule has 1 aliphatic rings. The average Bonchev–Trinajstić information content (AvgIpc) is 2.83. The molecule has 120 valence electrons. The molecule has 7 heteroatoms. The molecule has 0 fully saturated rings. The summed E-state index contributed by atoms with van der Waals surface area (Å²) < 4.78 is 15.4. The molecule has 3 rings (SSSR count). The number of halogens is 1. The van der Waals surface area contributed by atoms with Crippen molar-refractivity contribution in [2.75, 3.05) is 5.75 Å². The summed E-state index contributed by atoms with van der Waals surface area (Å²) in [6.45, 7) is 3.89. The second kappa shape index (κ2) is 6.54. The number of hydrazone groups is 1. The van der Waals surface area contributed by atoms with E-state index in [1.54, 1.807) is 10.7 Å². The highest BCUT2D eigenvalue weighted by Gasteiger charge is 2.19. The summed E-state index contributed by atoms with van der Waals surface area (Å²) in [7, 11) is 0. The van der Waals surface area contributed by atoms with E-state index in [0.29, 0.717) is 17.0 Å². The van der Waals surface area contributed by atoms with Gasteiger partial charge in [0.05, 0.1) is 16.3 Å². The molecule has 0 aliphatic carbocycles. The highest BCUT2D eigenvalue weighted by atomic mass is 32.2. The van der Waals surface area contributed by atoms with Gasteiger partial charge in [0.1, 0.15) is 12.4 Å². The van der Waals surface area contributed by atoms with Gasteiger partial charge in [-0.05, 0) is 26.0 Å². The molecule has 0 bridgehead atoms. The number of aromatic nitrogens is 2. The molecule has 2 aromatic rings. The lowest BCUT2D eigenvalue weighted by molar-refractivity contribution is -0.121. The van der Waals surface area contributed by atoms with Crippen molar-refractivity contribution in [3.63, 3.8) is 0 Å². The predicted octanol–water partition coefficient (Wildman–Crippen LogP) is 2.66. The van der Waals surface area contributed by atoms with Crippen LogP contribution in [0.3, 0.4) is 0 Å². The predicted molar refractivity (Wildman–Crippen MR) is 88.1 cm³/mol. The third-order valence-corrected chi connectivity index (χ3v) is 4.69. The van der Waals surface area contributed by atoms with Crippen LogP contribution < -0.4 is 5.43 Å². The minimum absolute atomic E-state index is 0.112. The maximum absolute atomic E-state index is 13.8. The van der Waals surface area contributed by atoms with E-state index in [0.717, 1.165) is 22.7 Å². The van der Waals surface area contributed by atoms with Crippen LogP contribution in [0, 0.1) is 19.7 Å². The Labute approximate surface area is 138 Å². The van der Waals surface area contributed by atoms with E-state index < -0.39 is 0 Å². The van der Waals surface area contributed by atoms with E-state index in [2.05, 4.69) is 15.6 Å². The first kappa shape index (κ1) is 15.7. The minimum atomic E-state index is -0.250. The van der Waals surface area contributed by atoms with Gasteiger partial charge in [0.2, 0.25) is 0 Å². The number of benzene rings is 1. The number of hydrogen-bond donors (Lipinski definition) is 1. The summed E-state index contributed by atoms with van der Waals surface area (Å²) in [5.74, 6) is 0.258. The number of fused-ring (bicyclic) bond motifs is 1. The highest BCUT2D eigenvalue weighted by Crippen LogP contribution is 2.32. The molecule has 2 heterocycles. The number of nitrogens with one attached hydrogen (secondary N) is 1. The molecule has 0 atom stereocenters. The molecule has 23 heavy (non-hydrogen) atoms. The SMILES string of the molecule is Cc1cc(C)n(CC(=O)NN=C2CCSc3c(F)cccc32)n1. The van der Waals surface area contributed by atoms with Gasteiger partial charge in [-0.2, -0.15) is 10.2 Å². The lowest BCUT2D eigenvalue weighted by Crippen LogP contribution is -2.26. The summed E-state index contributed by atoms with van der Waals surface area (Å²) in [6, 6.07) is 6.84. The number of hydrogen-bond acceptors (Lipinski definition) is 4. The number of rotatable bonds is 3. The molecule has 1 aromatic carbocycles. The summed E-state index contributed by atoms with van der Waals surface area (Å²) in [5, 5.41) is 8.44. The zero-order valence-corrected chi connectivity index (χ0v) is 13.8. The zero-order valence-electron chi connectivity index (χ0n) is 13.0. The summed E-state index contributed by atoms with van der Waals surface area (Å²) in [4.78, 5) is 12.6. The fourth-order valence-corrected chi connectivity index (χ4v) is 3.57. The highest BCUT2D eigenvalue weighted by molar-refractivity contribution is 7.99. The van der Waals surface area contributed by atoms with Crippen molar-refractivity contribution in [2.45, 2.75) is 31.7 Å². The van der Waals surface area contributed by atoms with Gasteiger partial charge in [0.15, 0.2) is 0 Å². The first-order chi connectivity index (χ1) is 11.0. The topological polar surface area (TPSA) is 59.3 Å². The van der Waals surface area contributed by atoms with E-state index in [1.165, 1.54) is 17.8 Å². The van der Waals surface area contributed by atoms with Crippen LogP contribution in [0.1, 0.15) is 23.4 Å². The number of thioether (sulfide) groups is 1. The molecule has 0 spiro atoms. The largest absolute Gasteiger partial charge is 0.271 e. The van der Waals surface area contributed by atoms with E-state index in [-0.39, 0.29) is 18.3 Å². The van der Waals surface area contributed by atoms with Gasteiger partial charge < -0.3 is 0 Å². The summed E-state index contributed by atoms with van der Waals surface area (Å²) in [5.41, 5.74) is 5.81. The lowest BCUT2D eigenvalue weighted by Gasteiger charge is -2.17. The Bertz CT molecular complexity index is 784. The number of nitrogens with zero attached hydrogens (tertiary/aromatic N) is 3. The number of carbonyl (C=O) groups excluding carboxylic acids is 1. The molecule has 0 unspecified atom stereocenters. The average molecular weight is 332 g/mol. The standard InChI is InChI=1S/C16H17FN4OS/c1-10-8-11(2)21(20-10)9-15(22)19-18-14-6-7-23-16-12(14)4-3-5-13(16)17/h3-5,8H,6-7,9H2,1-2H3,(H,19,22). The van der Waals surface area contributed by atoms with Crippen LogP contribution >= 0.6 is 11.8 Å². The quantitative estimate of drug-likeness (QED) is 0.879. The molecular formula is C16H17FN4OS. The van der Waals surface area contributed by atoms with Crippen molar-refractivity contribution in [3.05, 3.63) is 47.0 Å². The van der Waals surface area contributed by atoms with Crippen LogP contribution in [-0.2, 0) is 11.3 Å². The molecule has 1 amide bonds. The fraction of sp³-hybridized carbons (Fsp3) is 0.312. The monoisotopic (exact) mass is 332 g/mol. The third-order valence-electron chi connectivity index (χ3n) is 3.58. The maximum Gasteiger partial charge on any atom is 0.261 e. The molecule has 0 saturated carbocycles. The van der Waals surface area contributed by atoms with Crippen LogP contribution in [0.5, 0.6) is 0 Å². The Balaban J connectivity index is 1.73. The zero-order chi connectivity index (χ0) is 16.4. The van der Waals surface area contributed by atoms with Gasteiger partial charge in [-0.1, -0.05) is 12.1 Å². The Morgan fingerprint density at radius 2 is 2.30 bits per heavy atom. The molecule has 1 aliphatic heterocycles. The Morgan fingerprint density at radius 1 is 1.48 bits per heavy atom. The second-order valence-corrected chi connectivity index (χ2v) is 6.50. The Morgan fingerprint density at radius 3 is 3.04 bits per heavy atom. The van der Waals surface area contributed by atoms with Gasteiger partial charge in [0.25, 0.3) is 5.91 Å². The van der Waals surface area contributed by atoms with Crippen LogP contribution in [0.15, 0.2) is 34.3 Å². The minimum Gasteiger partial charge on any atom is -0.271 e. The molecule has 1 aromatic heterocycles. The van der Waals surface area contributed by atoms with E-state index in [1.807, 2.05) is 26.0 Å². The maximum atomic E-state index is 13.8. The smallest absolute Gasteiger partial charge is 0.261 e.